The largest absolute Gasteiger partial charge is 0.489 e. The van der Waals surface area contributed by atoms with Crippen LogP contribution in [0.5, 0.6) is 5.75 Å². The predicted molar refractivity (Wildman–Crippen MR) is 131 cm³/mol. The van der Waals surface area contributed by atoms with E-state index in [0.29, 0.717) is 19.0 Å². The van der Waals surface area contributed by atoms with Crippen LogP contribution in [0.1, 0.15) is 55.3 Å². The number of Topliss-reactive ketones (excluding diaryl/α,β-unsaturated/α-hetero) is 1. The van der Waals surface area contributed by atoms with E-state index in [1.165, 1.54) is 5.56 Å². The highest BCUT2D eigenvalue weighted by Crippen LogP contribution is 2.40. The molecule has 0 saturated carbocycles. The monoisotopic (exact) mass is 460 g/mol. The summed E-state index contributed by atoms with van der Waals surface area (Å²) in [6.07, 6.45) is 3.37. The third-order valence-corrected chi connectivity index (χ3v) is 7.05. The Morgan fingerprint density at radius 3 is 2.67 bits per heavy atom. The number of benzene rings is 2. The second-order valence-electron chi connectivity index (χ2n) is 8.55. The Balaban J connectivity index is 1.42. The Labute approximate surface area is 198 Å². The fourth-order valence-corrected chi connectivity index (χ4v) is 4.98. The van der Waals surface area contributed by atoms with Crippen molar-refractivity contribution < 1.29 is 9.53 Å². The zero-order valence-corrected chi connectivity index (χ0v) is 19.8. The molecule has 2 aliphatic rings. The van der Waals surface area contributed by atoms with E-state index < -0.39 is 0 Å². The number of hydrogen-bond donors (Lipinski definition) is 1. The minimum Gasteiger partial charge on any atom is -0.489 e. The lowest BCUT2D eigenvalue weighted by molar-refractivity contribution is -0.116. The number of carbonyl (C=O) groups is 1. The average molecular weight is 461 g/mol. The summed E-state index contributed by atoms with van der Waals surface area (Å²) in [6.45, 7) is 4.74. The number of nitrogens with zero attached hydrogens (tertiary/aromatic N) is 3. The first-order chi connectivity index (χ1) is 16.1. The van der Waals surface area contributed by atoms with E-state index in [4.69, 9.17) is 14.8 Å². The number of ether oxygens (including phenoxy) is 1. The molecule has 6 nitrogen and oxygen atoms in total. The topological polar surface area (TPSA) is 69.0 Å². The highest BCUT2D eigenvalue weighted by Gasteiger charge is 2.36. The summed E-state index contributed by atoms with van der Waals surface area (Å²) in [7, 11) is 0. The zero-order chi connectivity index (χ0) is 22.8. The average Bonchev–Trinajstić information content (AvgIpc) is 3.24. The summed E-state index contributed by atoms with van der Waals surface area (Å²) in [5.74, 6) is 2.67. The summed E-state index contributed by atoms with van der Waals surface area (Å²) in [5, 5.41) is 8.90. The number of aromatic nitrogens is 3. The van der Waals surface area contributed by atoms with Gasteiger partial charge in [0.15, 0.2) is 5.78 Å². The van der Waals surface area contributed by atoms with E-state index in [1.54, 1.807) is 11.8 Å². The van der Waals surface area contributed by atoms with Crippen LogP contribution in [0, 0.1) is 6.92 Å². The zero-order valence-electron chi connectivity index (χ0n) is 19.0. The van der Waals surface area contributed by atoms with Gasteiger partial charge in [-0.15, -0.1) is 5.10 Å². The van der Waals surface area contributed by atoms with Crippen LogP contribution in [-0.4, -0.2) is 26.3 Å². The van der Waals surface area contributed by atoms with E-state index in [1.807, 2.05) is 28.9 Å². The molecule has 1 aromatic heterocycles. The van der Waals surface area contributed by atoms with Crippen molar-refractivity contribution in [1.29, 1.82) is 0 Å². The van der Waals surface area contributed by atoms with E-state index in [2.05, 4.69) is 43.4 Å². The molecule has 0 bridgehead atoms. The molecule has 0 radical (unpaired) electrons. The Bertz CT molecular complexity index is 1180. The Hall–Kier alpha value is -3.06. The van der Waals surface area contributed by atoms with Gasteiger partial charge < -0.3 is 10.1 Å². The first-order valence-electron chi connectivity index (χ1n) is 11.5. The minimum absolute atomic E-state index is 0.192. The normalized spacial score (nSPS) is 17.4. The number of aryl methyl sites for hydroxylation is 1. The third-order valence-electron chi connectivity index (χ3n) is 6.01. The molecule has 1 aliphatic carbocycles. The van der Waals surface area contributed by atoms with Crippen molar-refractivity contribution in [2.45, 2.75) is 57.3 Å². The second-order valence-corrected chi connectivity index (χ2v) is 9.61. The van der Waals surface area contributed by atoms with Gasteiger partial charge in [0.25, 0.3) is 0 Å². The summed E-state index contributed by atoms with van der Waals surface area (Å²) >= 11 is 1.65. The van der Waals surface area contributed by atoms with Crippen LogP contribution >= 0.6 is 11.8 Å². The smallest absolute Gasteiger partial charge is 0.227 e. The van der Waals surface area contributed by atoms with Crippen molar-refractivity contribution in [3.05, 3.63) is 76.5 Å². The van der Waals surface area contributed by atoms with Gasteiger partial charge >= 0.3 is 0 Å². The lowest BCUT2D eigenvalue weighted by Gasteiger charge is -2.32. The molecule has 1 aliphatic heterocycles. The van der Waals surface area contributed by atoms with Crippen LogP contribution in [0.3, 0.4) is 0 Å². The molecule has 33 heavy (non-hydrogen) atoms. The first kappa shape index (κ1) is 21.8. The van der Waals surface area contributed by atoms with Crippen LogP contribution in [0.2, 0.25) is 0 Å². The van der Waals surface area contributed by atoms with Crippen molar-refractivity contribution >= 4 is 23.5 Å². The van der Waals surface area contributed by atoms with Gasteiger partial charge in [0.05, 0.1) is 0 Å². The van der Waals surface area contributed by atoms with Gasteiger partial charge in [-0.3, -0.25) is 4.79 Å². The van der Waals surface area contributed by atoms with Gasteiger partial charge in [-0.25, -0.2) is 4.68 Å². The van der Waals surface area contributed by atoms with Gasteiger partial charge in [0.2, 0.25) is 11.1 Å². The van der Waals surface area contributed by atoms with Gasteiger partial charge in [-0.2, -0.15) is 4.98 Å². The number of hydrogen-bond acceptors (Lipinski definition) is 6. The van der Waals surface area contributed by atoms with Gasteiger partial charge in [-0.05, 0) is 49.4 Å². The Morgan fingerprint density at radius 2 is 1.91 bits per heavy atom. The Morgan fingerprint density at radius 1 is 1.12 bits per heavy atom. The van der Waals surface area contributed by atoms with Crippen molar-refractivity contribution in [3.63, 3.8) is 0 Å². The Kier molecular flexibility index (Phi) is 6.22. The van der Waals surface area contributed by atoms with Crippen molar-refractivity contribution in [3.8, 4) is 5.75 Å². The molecule has 5 rings (SSSR count). The van der Waals surface area contributed by atoms with Gasteiger partial charge in [0.1, 0.15) is 18.4 Å². The van der Waals surface area contributed by atoms with E-state index in [-0.39, 0.29) is 11.8 Å². The molecule has 170 valence electrons. The maximum atomic E-state index is 13.0. The standard InChI is InChI=1S/C26H28N4O2S/c1-3-15-33-26-28-25-27-21-5-4-6-22(31)23(21)24(30(25)29-26)19-11-13-20(14-12-19)32-16-18-9-7-17(2)8-10-18/h7-14,24H,3-6,15-16H2,1-2H3,(H,27,28,29). The third kappa shape index (κ3) is 4.55. The number of rotatable bonds is 7. The SMILES string of the molecule is CCCSc1nc2n(n1)C(c1ccc(OCc3ccc(C)cc3)cc1)C1=C(CCCC1=O)N2. The number of ketones is 1. The van der Waals surface area contributed by atoms with Crippen LogP contribution in [-0.2, 0) is 11.4 Å². The van der Waals surface area contributed by atoms with Crippen LogP contribution in [0.4, 0.5) is 5.95 Å². The number of anilines is 1. The van der Waals surface area contributed by atoms with Crippen LogP contribution in [0.15, 0.2) is 65.0 Å². The van der Waals surface area contributed by atoms with E-state index in [9.17, 15) is 4.79 Å². The quantitative estimate of drug-likeness (QED) is 0.457. The van der Waals surface area contributed by atoms with E-state index in [0.717, 1.165) is 58.3 Å². The maximum absolute atomic E-state index is 13.0. The number of thioether (sulfide) groups is 1. The van der Waals surface area contributed by atoms with Gasteiger partial charge in [-0.1, -0.05) is 60.6 Å². The molecule has 1 unspecified atom stereocenters. The molecule has 2 aromatic carbocycles. The fourth-order valence-electron chi connectivity index (χ4n) is 4.30. The van der Waals surface area contributed by atoms with Crippen LogP contribution < -0.4 is 10.1 Å². The number of carbonyl (C=O) groups excluding carboxylic acids is 1. The molecule has 1 N–H and O–H groups in total. The van der Waals surface area contributed by atoms with Gasteiger partial charge in [0, 0.05) is 23.4 Å². The first-order valence-corrected chi connectivity index (χ1v) is 12.5. The predicted octanol–water partition coefficient (Wildman–Crippen LogP) is 5.69. The molecule has 2 heterocycles. The molecule has 3 aromatic rings. The lowest BCUT2D eigenvalue weighted by Crippen LogP contribution is -2.31. The summed E-state index contributed by atoms with van der Waals surface area (Å²) in [4.78, 5) is 17.7. The van der Waals surface area contributed by atoms with Crippen molar-refractivity contribution in [2.24, 2.45) is 0 Å². The van der Waals surface area contributed by atoms with Crippen LogP contribution in [0.25, 0.3) is 0 Å². The summed E-state index contributed by atoms with van der Waals surface area (Å²) < 4.78 is 7.87. The van der Waals surface area contributed by atoms with Crippen molar-refractivity contribution in [2.75, 3.05) is 11.1 Å². The molecular weight excluding hydrogens is 432 g/mol. The summed E-state index contributed by atoms with van der Waals surface area (Å²) in [5.41, 5.74) is 5.19. The maximum Gasteiger partial charge on any atom is 0.227 e. The number of allylic oxidation sites excluding steroid dienone is 2. The molecule has 0 amide bonds. The highest BCUT2D eigenvalue weighted by atomic mass is 32.2. The molecule has 0 spiro atoms. The second kappa shape index (κ2) is 9.43. The van der Waals surface area contributed by atoms with Crippen molar-refractivity contribution in [1.82, 2.24) is 14.8 Å². The number of nitrogens with one attached hydrogen (secondary N) is 1. The lowest BCUT2D eigenvalue weighted by atomic mass is 9.85. The molecule has 0 fully saturated rings. The fraction of sp³-hybridized carbons (Fsp3) is 0.346. The van der Waals surface area contributed by atoms with E-state index >= 15 is 0 Å². The molecule has 0 saturated heterocycles. The molecular formula is C26H28N4O2S. The molecule has 1 atom stereocenters. The summed E-state index contributed by atoms with van der Waals surface area (Å²) in [6, 6.07) is 16.1. The highest BCUT2D eigenvalue weighted by molar-refractivity contribution is 7.99. The molecule has 7 heteroatoms. The number of fused-ring (bicyclic) bond motifs is 1. The minimum atomic E-state index is -0.265.